The highest BCUT2D eigenvalue weighted by atomic mass is 15.0. The summed E-state index contributed by atoms with van der Waals surface area (Å²) in [4.78, 5) is 0. The number of fused-ring (bicyclic) bond motifs is 1. The maximum absolute atomic E-state index is 5.93. The molecule has 2 N–H and O–H groups in total. The van der Waals surface area contributed by atoms with Crippen LogP contribution in [0.25, 0.3) is 10.9 Å². The van der Waals surface area contributed by atoms with E-state index in [0.717, 1.165) is 6.54 Å². The average Bonchev–Trinajstić information content (AvgIpc) is 2.82. The highest BCUT2D eigenvalue weighted by Crippen LogP contribution is 2.35. The van der Waals surface area contributed by atoms with E-state index in [9.17, 15) is 0 Å². The lowest BCUT2D eigenvalue weighted by atomic mass is 9.84. The van der Waals surface area contributed by atoms with Gasteiger partial charge in [-0.05, 0) is 42.8 Å². The molecule has 0 bridgehead atoms. The summed E-state index contributed by atoms with van der Waals surface area (Å²) >= 11 is 0. The standard InChI is InChI=1S/C15H20N2/c16-11-13-6-2-4-8-15(13)17-10-9-12-5-1-3-7-14(12)17/h1,3,5,7,9-10,13,15H,2,4,6,8,11,16H2. The maximum atomic E-state index is 5.93. The number of hydrogen-bond donors (Lipinski definition) is 1. The molecule has 0 amide bonds. The van der Waals surface area contributed by atoms with E-state index >= 15 is 0 Å². The highest BCUT2D eigenvalue weighted by molar-refractivity contribution is 5.80. The lowest BCUT2D eigenvalue weighted by molar-refractivity contribution is 0.250. The Labute approximate surface area is 102 Å². The van der Waals surface area contributed by atoms with Gasteiger partial charge in [-0.2, -0.15) is 0 Å². The van der Waals surface area contributed by atoms with E-state index < -0.39 is 0 Å². The van der Waals surface area contributed by atoms with Crippen LogP contribution in [-0.2, 0) is 0 Å². The summed E-state index contributed by atoms with van der Waals surface area (Å²) in [6, 6.07) is 11.5. The predicted octanol–water partition coefficient (Wildman–Crippen LogP) is 3.33. The van der Waals surface area contributed by atoms with Crippen LogP contribution in [0.3, 0.4) is 0 Å². The first-order valence-electron chi connectivity index (χ1n) is 6.66. The number of benzene rings is 1. The van der Waals surface area contributed by atoms with Crippen LogP contribution in [0.2, 0.25) is 0 Å². The SMILES string of the molecule is NCC1CCCCC1n1ccc2ccccc21. The van der Waals surface area contributed by atoms with E-state index in [2.05, 4.69) is 41.1 Å². The van der Waals surface area contributed by atoms with Gasteiger partial charge in [-0.3, -0.25) is 0 Å². The lowest BCUT2D eigenvalue weighted by Gasteiger charge is -2.32. The fraction of sp³-hybridized carbons (Fsp3) is 0.467. The number of nitrogens with two attached hydrogens (primary N) is 1. The molecule has 2 nitrogen and oxygen atoms in total. The van der Waals surface area contributed by atoms with Gasteiger partial charge in [0.25, 0.3) is 0 Å². The minimum atomic E-state index is 0.605. The minimum absolute atomic E-state index is 0.605. The molecule has 90 valence electrons. The summed E-state index contributed by atoms with van der Waals surface area (Å²) in [5.41, 5.74) is 7.29. The van der Waals surface area contributed by atoms with Crippen molar-refractivity contribution in [2.75, 3.05) is 6.54 Å². The average molecular weight is 228 g/mol. The van der Waals surface area contributed by atoms with Gasteiger partial charge in [-0.1, -0.05) is 31.0 Å². The Hall–Kier alpha value is -1.28. The predicted molar refractivity (Wildman–Crippen MR) is 72.0 cm³/mol. The van der Waals surface area contributed by atoms with Gasteiger partial charge in [-0.25, -0.2) is 0 Å². The Morgan fingerprint density at radius 3 is 2.82 bits per heavy atom. The molecule has 0 spiro atoms. The molecule has 1 aliphatic rings. The van der Waals surface area contributed by atoms with E-state index in [4.69, 9.17) is 5.73 Å². The summed E-state index contributed by atoms with van der Waals surface area (Å²) in [6.45, 7) is 0.817. The monoisotopic (exact) mass is 228 g/mol. The van der Waals surface area contributed by atoms with Crippen molar-refractivity contribution in [3.8, 4) is 0 Å². The Balaban J connectivity index is 2.01. The molecule has 1 aromatic heterocycles. The molecule has 1 aliphatic carbocycles. The van der Waals surface area contributed by atoms with Crippen LogP contribution in [-0.4, -0.2) is 11.1 Å². The Morgan fingerprint density at radius 2 is 1.94 bits per heavy atom. The molecule has 2 heteroatoms. The number of aromatic nitrogens is 1. The van der Waals surface area contributed by atoms with E-state index in [1.807, 2.05) is 0 Å². The molecule has 2 aromatic rings. The molecular weight excluding hydrogens is 208 g/mol. The Morgan fingerprint density at radius 1 is 1.12 bits per heavy atom. The third kappa shape index (κ3) is 1.87. The largest absolute Gasteiger partial charge is 0.344 e. The summed E-state index contributed by atoms with van der Waals surface area (Å²) in [5, 5.41) is 1.34. The first-order chi connectivity index (χ1) is 8.40. The normalized spacial score (nSPS) is 25.2. The summed E-state index contributed by atoms with van der Waals surface area (Å²) in [6.07, 6.45) is 7.49. The third-order valence-corrected chi connectivity index (χ3v) is 4.16. The van der Waals surface area contributed by atoms with Gasteiger partial charge in [0.15, 0.2) is 0 Å². The van der Waals surface area contributed by atoms with Crippen molar-refractivity contribution in [1.29, 1.82) is 0 Å². The molecule has 17 heavy (non-hydrogen) atoms. The maximum Gasteiger partial charge on any atom is 0.0482 e. The van der Waals surface area contributed by atoms with Crippen LogP contribution in [0.4, 0.5) is 0 Å². The van der Waals surface area contributed by atoms with Crippen molar-refractivity contribution >= 4 is 10.9 Å². The first-order valence-corrected chi connectivity index (χ1v) is 6.66. The van der Waals surface area contributed by atoms with Gasteiger partial charge >= 0.3 is 0 Å². The van der Waals surface area contributed by atoms with E-state index in [0.29, 0.717) is 12.0 Å². The molecule has 1 heterocycles. The lowest BCUT2D eigenvalue weighted by Crippen LogP contribution is -2.28. The fourth-order valence-corrected chi connectivity index (χ4v) is 3.22. The topological polar surface area (TPSA) is 30.9 Å². The second-order valence-corrected chi connectivity index (χ2v) is 5.13. The van der Waals surface area contributed by atoms with Crippen molar-refractivity contribution in [1.82, 2.24) is 4.57 Å². The van der Waals surface area contributed by atoms with Gasteiger partial charge in [-0.15, -0.1) is 0 Å². The van der Waals surface area contributed by atoms with Gasteiger partial charge in [0.2, 0.25) is 0 Å². The zero-order valence-corrected chi connectivity index (χ0v) is 10.2. The second kappa shape index (κ2) is 4.53. The van der Waals surface area contributed by atoms with Crippen LogP contribution in [0.5, 0.6) is 0 Å². The molecule has 0 saturated heterocycles. The molecule has 2 atom stereocenters. The molecule has 1 fully saturated rings. The van der Waals surface area contributed by atoms with Crippen molar-refractivity contribution < 1.29 is 0 Å². The van der Waals surface area contributed by atoms with Gasteiger partial charge in [0.05, 0.1) is 0 Å². The zero-order chi connectivity index (χ0) is 11.7. The van der Waals surface area contributed by atoms with Crippen molar-refractivity contribution in [3.05, 3.63) is 36.5 Å². The van der Waals surface area contributed by atoms with Gasteiger partial charge < -0.3 is 10.3 Å². The Kier molecular flexibility index (Phi) is 2.89. The number of hydrogen-bond acceptors (Lipinski definition) is 1. The van der Waals surface area contributed by atoms with E-state index in [1.165, 1.54) is 36.6 Å². The number of para-hydroxylation sites is 1. The minimum Gasteiger partial charge on any atom is -0.344 e. The van der Waals surface area contributed by atoms with Crippen LogP contribution in [0.1, 0.15) is 31.7 Å². The van der Waals surface area contributed by atoms with Crippen molar-refractivity contribution in [2.24, 2.45) is 11.7 Å². The third-order valence-electron chi connectivity index (χ3n) is 4.16. The van der Waals surface area contributed by atoms with Crippen LogP contribution in [0.15, 0.2) is 36.5 Å². The smallest absolute Gasteiger partial charge is 0.0482 e. The fourth-order valence-electron chi connectivity index (χ4n) is 3.22. The highest BCUT2D eigenvalue weighted by Gasteiger charge is 2.25. The van der Waals surface area contributed by atoms with Crippen molar-refractivity contribution in [3.63, 3.8) is 0 Å². The molecule has 2 unspecified atom stereocenters. The quantitative estimate of drug-likeness (QED) is 0.839. The van der Waals surface area contributed by atoms with Crippen LogP contribution in [0, 0.1) is 5.92 Å². The molecule has 3 rings (SSSR count). The molecule has 0 aliphatic heterocycles. The molecule has 0 radical (unpaired) electrons. The number of rotatable bonds is 2. The molecule has 1 aromatic carbocycles. The van der Waals surface area contributed by atoms with Gasteiger partial charge in [0, 0.05) is 17.8 Å². The first kappa shape index (κ1) is 10.8. The van der Waals surface area contributed by atoms with Crippen LogP contribution >= 0.6 is 0 Å². The second-order valence-electron chi connectivity index (χ2n) is 5.13. The van der Waals surface area contributed by atoms with Crippen LogP contribution < -0.4 is 5.73 Å². The zero-order valence-electron chi connectivity index (χ0n) is 10.2. The summed E-state index contributed by atoms with van der Waals surface area (Å²) < 4.78 is 2.45. The molecule has 1 saturated carbocycles. The summed E-state index contributed by atoms with van der Waals surface area (Å²) in [7, 11) is 0. The van der Waals surface area contributed by atoms with E-state index in [-0.39, 0.29) is 0 Å². The van der Waals surface area contributed by atoms with Gasteiger partial charge in [0.1, 0.15) is 0 Å². The molecular formula is C15H20N2. The number of nitrogens with zero attached hydrogens (tertiary/aromatic N) is 1. The summed E-state index contributed by atoms with van der Waals surface area (Å²) in [5.74, 6) is 0.652. The Bertz CT molecular complexity index is 500. The van der Waals surface area contributed by atoms with Crippen molar-refractivity contribution in [2.45, 2.75) is 31.7 Å². The van der Waals surface area contributed by atoms with E-state index in [1.54, 1.807) is 0 Å².